The third-order valence-corrected chi connectivity index (χ3v) is 5.24. The second-order valence-electron chi connectivity index (χ2n) is 7.99. The third-order valence-electron chi connectivity index (χ3n) is 5.24. The maximum Gasteiger partial charge on any atom is 0.295 e. The van der Waals surface area contributed by atoms with Gasteiger partial charge in [-0.1, -0.05) is 67.9 Å². The van der Waals surface area contributed by atoms with Crippen LogP contribution >= 0.6 is 0 Å². The number of Topliss-reactive ketones (excluding diaryl/α,β-unsaturated/α-hetero) is 1. The van der Waals surface area contributed by atoms with E-state index < -0.39 is 23.8 Å². The fourth-order valence-electron chi connectivity index (χ4n) is 3.63. The number of carbonyl (C=O) groups is 2. The smallest absolute Gasteiger partial charge is 0.295 e. The number of aryl methyl sites for hydroxylation is 1. The summed E-state index contributed by atoms with van der Waals surface area (Å²) in [7, 11) is 0. The molecule has 0 aliphatic carbocycles. The highest BCUT2D eigenvalue weighted by atomic mass is 16.3. The number of hydrogen-bond acceptors (Lipinski definition) is 4. The summed E-state index contributed by atoms with van der Waals surface area (Å²) in [4.78, 5) is 26.9. The van der Waals surface area contributed by atoms with Crippen LogP contribution in [0.25, 0.3) is 5.76 Å². The molecule has 1 aliphatic heterocycles. The number of rotatable bonds is 5. The highest BCUT2D eigenvalue weighted by Crippen LogP contribution is 2.39. The predicted molar refractivity (Wildman–Crippen MR) is 112 cm³/mol. The second-order valence-corrected chi connectivity index (χ2v) is 7.99. The topological polar surface area (TPSA) is 77.8 Å². The van der Waals surface area contributed by atoms with Crippen LogP contribution in [0, 0.1) is 6.92 Å². The predicted octanol–water partition coefficient (Wildman–Crippen LogP) is 3.92. The minimum absolute atomic E-state index is 0.00580. The van der Waals surface area contributed by atoms with Gasteiger partial charge in [0.15, 0.2) is 0 Å². The molecular weight excluding hydrogens is 366 g/mol. The summed E-state index contributed by atoms with van der Waals surface area (Å²) in [6.45, 7) is 7.68. The molecule has 0 radical (unpaired) electrons. The Morgan fingerprint density at radius 3 is 2.10 bits per heavy atom. The van der Waals surface area contributed by atoms with Crippen LogP contribution < -0.4 is 0 Å². The van der Waals surface area contributed by atoms with Crippen molar-refractivity contribution in [2.75, 3.05) is 6.54 Å². The summed E-state index contributed by atoms with van der Waals surface area (Å²) in [6.07, 6.45) is -0.801. The first-order chi connectivity index (χ1) is 13.7. The number of β-amino-alcohol motifs (C(OH)–C–C–N with tert-alkyl or cyclic N) is 1. The fraction of sp³-hybridized carbons (Fsp3) is 0.333. The van der Waals surface area contributed by atoms with Gasteiger partial charge in [0.1, 0.15) is 5.76 Å². The molecule has 2 atom stereocenters. The van der Waals surface area contributed by atoms with Gasteiger partial charge in [-0.3, -0.25) is 9.59 Å². The number of benzene rings is 2. The normalized spacial score (nSPS) is 19.8. The molecule has 2 aromatic carbocycles. The Balaban J connectivity index is 2.15. The average Bonchev–Trinajstić information content (AvgIpc) is 2.92. The summed E-state index contributed by atoms with van der Waals surface area (Å²) in [5.74, 6) is -1.30. The number of carbonyl (C=O) groups excluding carboxylic acids is 2. The summed E-state index contributed by atoms with van der Waals surface area (Å²) in [6, 6.07) is 14.1. The molecule has 152 valence electrons. The zero-order valence-corrected chi connectivity index (χ0v) is 17.2. The fourth-order valence-corrected chi connectivity index (χ4v) is 3.63. The molecule has 1 saturated heterocycles. The summed E-state index contributed by atoms with van der Waals surface area (Å²) in [5, 5.41) is 20.8. The van der Waals surface area contributed by atoms with Crippen molar-refractivity contribution in [1.29, 1.82) is 0 Å². The van der Waals surface area contributed by atoms with Crippen LogP contribution in [0.5, 0.6) is 0 Å². The number of hydrogen-bond donors (Lipinski definition) is 2. The van der Waals surface area contributed by atoms with Gasteiger partial charge < -0.3 is 15.1 Å². The van der Waals surface area contributed by atoms with E-state index in [9.17, 15) is 19.8 Å². The molecule has 5 heteroatoms. The lowest BCUT2D eigenvalue weighted by Crippen LogP contribution is -2.35. The standard InChI is InChI=1S/C24H27NO4/c1-14(2)17-9-11-18(12-10-17)21-20(22(27)19-7-5-15(3)6-8-19)23(28)24(29)25(21)13-16(4)26/h5-12,14,16,21,26-27H,13H2,1-4H3/t16-,21-/m0/s1. The van der Waals surface area contributed by atoms with Crippen LogP contribution in [-0.4, -0.2) is 39.5 Å². The van der Waals surface area contributed by atoms with E-state index in [-0.39, 0.29) is 17.9 Å². The lowest BCUT2D eigenvalue weighted by atomic mass is 9.93. The number of aliphatic hydroxyl groups excluding tert-OH is 2. The first-order valence-electron chi connectivity index (χ1n) is 9.84. The van der Waals surface area contributed by atoms with Crippen LogP contribution in [-0.2, 0) is 9.59 Å². The van der Waals surface area contributed by atoms with Gasteiger partial charge in [0.2, 0.25) is 0 Å². The first-order valence-corrected chi connectivity index (χ1v) is 9.84. The number of aliphatic hydroxyl groups is 2. The molecule has 1 heterocycles. The summed E-state index contributed by atoms with van der Waals surface area (Å²) >= 11 is 0. The molecule has 2 N–H and O–H groups in total. The Morgan fingerprint density at radius 2 is 1.59 bits per heavy atom. The van der Waals surface area contributed by atoms with Crippen molar-refractivity contribution >= 4 is 17.4 Å². The summed E-state index contributed by atoms with van der Waals surface area (Å²) in [5.41, 5.74) is 3.42. The molecular formula is C24H27NO4. The SMILES string of the molecule is Cc1ccc(C(O)=C2C(=O)C(=O)N(C[C@H](C)O)[C@H]2c2ccc(C(C)C)cc2)cc1. The van der Waals surface area contributed by atoms with Crippen molar-refractivity contribution < 1.29 is 19.8 Å². The van der Waals surface area contributed by atoms with E-state index in [2.05, 4.69) is 13.8 Å². The lowest BCUT2D eigenvalue weighted by Gasteiger charge is -2.26. The largest absolute Gasteiger partial charge is 0.507 e. The van der Waals surface area contributed by atoms with Gasteiger partial charge in [-0.2, -0.15) is 0 Å². The van der Waals surface area contributed by atoms with Crippen LogP contribution in [0.4, 0.5) is 0 Å². The molecule has 1 aliphatic rings. The zero-order chi connectivity index (χ0) is 21.3. The maximum absolute atomic E-state index is 12.8. The molecule has 0 bridgehead atoms. The molecule has 1 fully saturated rings. The van der Waals surface area contributed by atoms with E-state index in [1.165, 1.54) is 4.90 Å². The molecule has 5 nitrogen and oxygen atoms in total. The van der Waals surface area contributed by atoms with Gasteiger partial charge in [-0.15, -0.1) is 0 Å². The highest BCUT2D eigenvalue weighted by Gasteiger charge is 2.46. The number of ketones is 1. The van der Waals surface area contributed by atoms with E-state index in [0.29, 0.717) is 11.5 Å². The van der Waals surface area contributed by atoms with Crippen LogP contribution in [0.15, 0.2) is 54.1 Å². The Hall–Kier alpha value is -2.92. The van der Waals surface area contributed by atoms with Crippen molar-refractivity contribution in [3.05, 3.63) is 76.4 Å². The molecule has 2 aromatic rings. The van der Waals surface area contributed by atoms with E-state index in [1.807, 2.05) is 43.3 Å². The minimum Gasteiger partial charge on any atom is -0.507 e. The Bertz CT molecular complexity index is 940. The highest BCUT2D eigenvalue weighted by molar-refractivity contribution is 6.46. The van der Waals surface area contributed by atoms with E-state index in [4.69, 9.17) is 0 Å². The van der Waals surface area contributed by atoms with Gasteiger partial charge in [0.25, 0.3) is 11.7 Å². The molecule has 1 amide bonds. The molecule has 0 saturated carbocycles. The monoisotopic (exact) mass is 393 g/mol. The Labute approximate surface area is 171 Å². The zero-order valence-electron chi connectivity index (χ0n) is 17.2. The lowest BCUT2D eigenvalue weighted by molar-refractivity contribution is -0.140. The van der Waals surface area contributed by atoms with E-state index >= 15 is 0 Å². The van der Waals surface area contributed by atoms with Gasteiger partial charge in [0.05, 0.1) is 17.7 Å². The quantitative estimate of drug-likeness (QED) is 0.458. The maximum atomic E-state index is 12.8. The molecule has 29 heavy (non-hydrogen) atoms. The minimum atomic E-state index is -0.801. The van der Waals surface area contributed by atoms with Crippen molar-refractivity contribution in [1.82, 2.24) is 4.90 Å². The van der Waals surface area contributed by atoms with Gasteiger partial charge >= 0.3 is 0 Å². The van der Waals surface area contributed by atoms with Crippen molar-refractivity contribution in [3.8, 4) is 0 Å². The second kappa shape index (κ2) is 8.21. The number of likely N-dealkylation sites (tertiary alicyclic amines) is 1. The van der Waals surface area contributed by atoms with E-state index in [0.717, 1.165) is 16.7 Å². The van der Waals surface area contributed by atoms with Gasteiger partial charge in [-0.25, -0.2) is 0 Å². The Kier molecular flexibility index (Phi) is 5.89. The third kappa shape index (κ3) is 4.10. The molecule has 3 rings (SSSR count). The van der Waals surface area contributed by atoms with Gasteiger partial charge in [0, 0.05) is 12.1 Å². The Morgan fingerprint density at radius 1 is 1.00 bits per heavy atom. The van der Waals surface area contributed by atoms with Gasteiger partial charge in [-0.05, 0) is 30.9 Å². The van der Waals surface area contributed by atoms with Crippen molar-refractivity contribution in [2.45, 2.75) is 45.8 Å². The molecule has 0 spiro atoms. The van der Waals surface area contributed by atoms with Crippen molar-refractivity contribution in [3.63, 3.8) is 0 Å². The van der Waals surface area contributed by atoms with E-state index in [1.54, 1.807) is 19.1 Å². The molecule has 0 unspecified atom stereocenters. The number of nitrogens with zero attached hydrogens (tertiary/aromatic N) is 1. The first kappa shape index (κ1) is 20.8. The number of amides is 1. The average molecular weight is 393 g/mol. The molecule has 0 aromatic heterocycles. The summed E-state index contributed by atoms with van der Waals surface area (Å²) < 4.78 is 0. The van der Waals surface area contributed by atoms with Crippen LogP contribution in [0.2, 0.25) is 0 Å². The van der Waals surface area contributed by atoms with Crippen LogP contribution in [0.3, 0.4) is 0 Å². The van der Waals surface area contributed by atoms with Crippen molar-refractivity contribution in [2.24, 2.45) is 0 Å². The van der Waals surface area contributed by atoms with Crippen LogP contribution in [0.1, 0.15) is 55.0 Å².